The Hall–Kier alpha value is -2.43. The fourth-order valence-corrected chi connectivity index (χ4v) is 1.90. The molecule has 0 fully saturated rings. The number of rotatable bonds is 3. The lowest BCUT2D eigenvalue weighted by Crippen LogP contribution is -2.13. The number of benzene rings is 1. The van der Waals surface area contributed by atoms with E-state index in [9.17, 15) is 4.79 Å². The van der Waals surface area contributed by atoms with E-state index in [1.165, 1.54) is 12.7 Å². The summed E-state index contributed by atoms with van der Waals surface area (Å²) in [6.45, 7) is 5.65. The number of aromatic nitrogens is 1. The number of fused-ring (bicyclic) bond motifs is 1. The van der Waals surface area contributed by atoms with Gasteiger partial charge in [0.25, 0.3) is 0 Å². The Kier molecular flexibility index (Phi) is 3.98. The Morgan fingerprint density at radius 1 is 1.30 bits per heavy atom. The van der Waals surface area contributed by atoms with Crippen LogP contribution >= 0.6 is 0 Å². The highest BCUT2D eigenvalue weighted by atomic mass is 16.5. The minimum absolute atomic E-state index is 0.246. The van der Waals surface area contributed by atoms with Gasteiger partial charge in [-0.3, -0.25) is 5.43 Å². The SMILES string of the molecule is COC(=O)/C(C)=N/Nc1cc(C)c2cc(C)ccc2n1. The van der Waals surface area contributed by atoms with Crippen LogP contribution in [0.15, 0.2) is 29.4 Å². The first-order valence-electron chi connectivity index (χ1n) is 6.28. The van der Waals surface area contributed by atoms with Crippen molar-refractivity contribution in [1.82, 2.24) is 4.98 Å². The topological polar surface area (TPSA) is 63.6 Å². The van der Waals surface area contributed by atoms with Crippen LogP contribution in [-0.2, 0) is 9.53 Å². The van der Waals surface area contributed by atoms with Crippen LogP contribution in [0, 0.1) is 13.8 Å². The van der Waals surface area contributed by atoms with Gasteiger partial charge in [0.1, 0.15) is 11.5 Å². The molecule has 2 aromatic rings. The third kappa shape index (κ3) is 2.93. The fourth-order valence-electron chi connectivity index (χ4n) is 1.90. The van der Waals surface area contributed by atoms with E-state index in [1.54, 1.807) is 6.92 Å². The van der Waals surface area contributed by atoms with Gasteiger partial charge in [-0.05, 0) is 44.5 Å². The number of hydrogen-bond acceptors (Lipinski definition) is 5. The molecular weight excluding hydrogens is 254 g/mol. The van der Waals surface area contributed by atoms with Crippen molar-refractivity contribution in [3.63, 3.8) is 0 Å². The molecule has 1 N–H and O–H groups in total. The van der Waals surface area contributed by atoms with E-state index in [2.05, 4.69) is 33.2 Å². The third-order valence-corrected chi connectivity index (χ3v) is 2.99. The number of esters is 1. The summed E-state index contributed by atoms with van der Waals surface area (Å²) in [5, 5.41) is 5.08. The fraction of sp³-hybridized carbons (Fsp3) is 0.267. The quantitative estimate of drug-likeness (QED) is 0.529. The minimum Gasteiger partial charge on any atom is -0.464 e. The Morgan fingerprint density at radius 2 is 2.05 bits per heavy atom. The molecule has 1 aromatic carbocycles. The molecule has 0 saturated carbocycles. The molecule has 0 atom stereocenters. The number of pyridine rings is 1. The number of aryl methyl sites for hydroxylation is 2. The van der Waals surface area contributed by atoms with Gasteiger partial charge in [-0.1, -0.05) is 11.6 Å². The molecule has 0 aliphatic heterocycles. The Bertz CT molecular complexity index is 693. The largest absolute Gasteiger partial charge is 0.464 e. The van der Waals surface area contributed by atoms with E-state index in [0.717, 1.165) is 16.5 Å². The molecule has 0 aliphatic carbocycles. The number of carbonyl (C=O) groups is 1. The first-order valence-corrected chi connectivity index (χ1v) is 6.28. The van der Waals surface area contributed by atoms with E-state index in [4.69, 9.17) is 0 Å². The molecule has 2 rings (SSSR count). The lowest BCUT2D eigenvalue weighted by molar-refractivity contribution is -0.132. The van der Waals surface area contributed by atoms with Crippen LogP contribution in [0.4, 0.5) is 5.82 Å². The van der Waals surface area contributed by atoms with Crippen molar-refractivity contribution >= 4 is 28.4 Å². The normalized spacial score (nSPS) is 11.5. The summed E-state index contributed by atoms with van der Waals surface area (Å²) in [6, 6.07) is 7.99. The van der Waals surface area contributed by atoms with Crippen LogP contribution in [-0.4, -0.2) is 23.8 Å². The van der Waals surface area contributed by atoms with Gasteiger partial charge in [0, 0.05) is 5.39 Å². The molecule has 0 radical (unpaired) electrons. The maximum Gasteiger partial charge on any atom is 0.353 e. The van der Waals surface area contributed by atoms with Crippen molar-refractivity contribution in [3.05, 3.63) is 35.4 Å². The summed E-state index contributed by atoms with van der Waals surface area (Å²) in [6.07, 6.45) is 0. The van der Waals surface area contributed by atoms with Crippen molar-refractivity contribution in [2.75, 3.05) is 12.5 Å². The molecule has 0 unspecified atom stereocenters. The van der Waals surface area contributed by atoms with Gasteiger partial charge >= 0.3 is 5.97 Å². The van der Waals surface area contributed by atoms with Crippen molar-refractivity contribution in [2.45, 2.75) is 20.8 Å². The average molecular weight is 271 g/mol. The average Bonchev–Trinajstić information content (AvgIpc) is 2.44. The standard InChI is InChI=1S/C15H17N3O2/c1-9-5-6-13-12(7-9)10(2)8-14(16-13)18-17-11(3)15(19)20-4/h5-8H,1-4H3,(H,16,18)/b17-11+. The van der Waals surface area contributed by atoms with Gasteiger partial charge in [0.2, 0.25) is 0 Å². The summed E-state index contributed by atoms with van der Waals surface area (Å²) < 4.78 is 4.58. The molecule has 0 aliphatic rings. The number of carbonyl (C=O) groups excluding carboxylic acids is 1. The van der Waals surface area contributed by atoms with Gasteiger partial charge in [-0.15, -0.1) is 0 Å². The summed E-state index contributed by atoms with van der Waals surface area (Å²) in [4.78, 5) is 15.7. The number of methoxy groups -OCH3 is 1. The molecule has 0 bridgehead atoms. The Morgan fingerprint density at radius 3 is 2.75 bits per heavy atom. The predicted octanol–water partition coefficient (Wildman–Crippen LogP) is 2.81. The second-order valence-corrected chi connectivity index (χ2v) is 4.65. The number of hydrogen-bond donors (Lipinski definition) is 1. The monoisotopic (exact) mass is 271 g/mol. The van der Waals surface area contributed by atoms with Crippen LogP contribution in [0.3, 0.4) is 0 Å². The van der Waals surface area contributed by atoms with Crippen LogP contribution < -0.4 is 5.43 Å². The number of anilines is 1. The molecule has 20 heavy (non-hydrogen) atoms. The molecule has 104 valence electrons. The van der Waals surface area contributed by atoms with E-state index < -0.39 is 5.97 Å². The Labute approximate surface area is 117 Å². The zero-order valence-electron chi connectivity index (χ0n) is 12.0. The predicted molar refractivity (Wildman–Crippen MR) is 80.0 cm³/mol. The third-order valence-electron chi connectivity index (χ3n) is 2.99. The molecule has 0 spiro atoms. The van der Waals surface area contributed by atoms with Gasteiger partial charge in [0.15, 0.2) is 0 Å². The summed E-state index contributed by atoms with van der Waals surface area (Å²) in [5.74, 6) is 0.132. The zero-order chi connectivity index (χ0) is 14.7. The van der Waals surface area contributed by atoms with Gasteiger partial charge < -0.3 is 4.74 Å². The maximum absolute atomic E-state index is 11.2. The highest BCUT2D eigenvalue weighted by Crippen LogP contribution is 2.21. The van der Waals surface area contributed by atoms with E-state index in [-0.39, 0.29) is 5.71 Å². The Balaban J connectivity index is 2.33. The molecule has 0 saturated heterocycles. The molecule has 1 aromatic heterocycles. The maximum atomic E-state index is 11.2. The second kappa shape index (κ2) is 5.69. The summed E-state index contributed by atoms with van der Waals surface area (Å²) >= 11 is 0. The van der Waals surface area contributed by atoms with E-state index >= 15 is 0 Å². The van der Waals surface area contributed by atoms with Gasteiger partial charge in [-0.2, -0.15) is 5.10 Å². The lowest BCUT2D eigenvalue weighted by atomic mass is 10.1. The van der Waals surface area contributed by atoms with Crippen LogP contribution in [0.25, 0.3) is 10.9 Å². The smallest absolute Gasteiger partial charge is 0.353 e. The second-order valence-electron chi connectivity index (χ2n) is 4.65. The molecular formula is C15H17N3O2. The number of ether oxygens (including phenoxy) is 1. The first-order chi connectivity index (χ1) is 9.51. The van der Waals surface area contributed by atoms with Crippen molar-refractivity contribution in [1.29, 1.82) is 0 Å². The lowest BCUT2D eigenvalue weighted by Gasteiger charge is -2.07. The number of hydrazone groups is 1. The van der Waals surface area contributed by atoms with Crippen molar-refractivity contribution in [3.8, 4) is 0 Å². The molecule has 0 amide bonds. The van der Waals surface area contributed by atoms with Crippen molar-refractivity contribution in [2.24, 2.45) is 5.10 Å². The first kappa shape index (κ1) is 14.0. The molecule has 5 heteroatoms. The number of nitrogens with one attached hydrogen (secondary N) is 1. The van der Waals surface area contributed by atoms with Crippen LogP contribution in [0.1, 0.15) is 18.1 Å². The van der Waals surface area contributed by atoms with Crippen LogP contribution in [0.2, 0.25) is 0 Å². The van der Waals surface area contributed by atoms with Crippen LogP contribution in [0.5, 0.6) is 0 Å². The van der Waals surface area contributed by atoms with E-state index in [0.29, 0.717) is 5.82 Å². The van der Waals surface area contributed by atoms with E-state index in [1.807, 2.05) is 25.1 Å². The highest BCUT2D eigenvalue weighted by Gasteiger charge is 2.06. The molecule has 1 heterocycles. The van der Waals surface area contributed by atoms with Gasteiger partial charge in [-0.25, -0.2) is 9.78 Å². The summed E-state index contributed by atoms with van der Waals surface area (Å²) in [7, 11) is 1.32. The van der Waals surface area contributed by atoms with Gasteiger partial charge in [0.05, 0.1) is 12.6 Å². The highest BCUT2D eigenvalue weighted by molar-refractivity contribution is 6.35. The number of nitrogens with zero attached hydrogens (tertiary/aromatic N) is 2. The zero-order valence-corrected chi connectivity index (χ0v) is 12.0. The minimum atomic E-state index is -0.467. The summed E-state index contributed by atoms with van der Waals surface area (Å²) in [5.41, 5.74) is 6.22. The molecule has 5 nitrogen and oxygen atoms in total. The van der Waals surface area contributed by atoms with Crippen molar-refractivity contribution < 1.29 is 9.53 Å².